The molecule has 8 nitrogen and oxygen atoms in total. The van der Waals surface area contributed by atoms with E-state index in [-0.39, 0.29) is 10.5 Å². The van der Waals surface area contributed by atoms with E-state index in [9.17, 15) is 18.3 Å². The van der Waals surface area contributed by atoms with E-state index >= 15 is 0 Å². The molecule has 1 aliphatic heterocycles. The minimum atomic E-state index is -4.05. The molecule has 0 bridgehead atoms. The van der Waals surface area contributed by atoms with Crippen LogP contribution >= 0.6 is 0 Å². The Kier molecular flexibility index (Phi) is 6.18. The van der Waals surface area contributed by atoms with Gasteiger partial charge in [0.05, 0.1) is 28.0 Å². The van der Waals surface area contributed by atoms with Crippen molar-refractivity contribution in [1.82, 2.24) is 5.16 Å². The number of aryl methyl sites for hydroxylation is 1. The van der Waals surface area contributed by atoms with E-state index in [1.54, 1.807) is 18.2 Å². The first-order valence-corrected chi connectivity index (χ1v) is 12.1. The van der Waals surface area contributed by atoms with Crippen molar-refractivity contribution >= 4 is 27.4 Å². The van der Waals surface area contributed by atoms with Crippen molar-refractivity contribution in [1.29, 1.82) is 0 Å². The molecular weight excluding hydrogens is 430 g/mol. The molecule has 0 unspecified atom stereocenters. The fourth-order valence-corrected chi connectivity index (χ4v) is 5.38. The molecule has 0 atom stereocenters. The molecule has 3 aromatic rings. The third-order valence-electron chi connectivity index (χ3n) is 5.64. The molecule has 1 fully saturated rings. The van der Waals surface area contributed by atoms with Crippen LogP contribution in [-0.4, -0.2) is 37.7 Å². The molecule has 2 aromatic carbocycles. The monoisotopic (exact) mass is 455 g/mol. The van der Waals surface area contributed by atoms with Gasteiger partial charge in [-0.1, -0.05) is 18.1 Å². The molecule has 4 rings (SSSR count). The molecule has 0 spiro atoms. The summed E-state index contributed by atoms with van der Waals surface area (Å²) in [4.78, 5) is 13.6. The van der Waals surface area contributed by atoms with Crippen molar-refractivity contribution in [3.8, 4) is 11.3 Å². The molecule has 0 saturated carbocycles. The number of anilines is 2. The van der Waals surface area contributed by atoms with Gasteiger partial charge < -0.3 is 14.5 Å². The minimum Gasteiger partial charge on any atom is -0.478 e. The van der Waals surface area contributed by atoms with Crippen LogP contribution in [0.5, 0.6) is 0 Å². The molecule has 2 heterocycles. The largest absolute Gasteiger partial charge is 0.478 e. The second-order valence-electron chi connectivity index (χ2n) is 7.74. The molecule has 32 heavy (non-hydrogen) atoms. The van der Waals surface area contributed by atoms with Gasteiger partial charge in [0.1, 0.15) is 0 Å². The Bertz CT molecular complexity index is 1220. The number of nitrogens with one attached hydrogen (secondary N) is 1. The zero-order chi connectivity index (χ0) is 22.7. The van der Waals surface area contributed by atoms with Crippen molar-refractivity contribution in [2.75, 3.05) is 22.7 Å². The van der Waals surface area contributed by atoms with Crippen molar-refractivity contribution in [3.05, 3.63) is 59.8 Å². The Balaban J connectivity index is 1.78. The van der Waals surface area contributed by atoms with Gasteiger partial charge in [0.2, 0.25) is 0 Å². The maximum atomic E-state index is 13.4. The molecule has 9 heteroatoms. The van der Waals surface area contributed by atoms with E-state index < -0.39 is 16.0 Å². The number of aromatic carboxylic acids is 1. The van der Waals surface area contributed by atoms with Gasteiger partial charge in [-0.15, -0.1) is 0 Å². The van der Waals surface area contributed by atoms with Gasteiger partial charge in [0, 0.05) is 24.7 Å². The van der Waals surface area contributed by atoms with Crippen LogP contribution in [0.3, 0.4) is 0 Å². The number of rotatable bonds is 7. The summed E-state index contributed by atoms with van der Waals surface area (Å²) in [7, 11) is -4.05. The summed E-state index contributed by atoms with van der Waals surface area (Å²) in [5.74, 6) is -0.650. The molecule has 1 saturated heterocycles. The van der Waals surface area contributed by atoms with Gasteiger partial charge in [-0.3, -0.25) is 4.72 Å². The Morgan fingerprint density at radius 3 is 2.56 bits per heavy atom. The van der Waals surface area contributed by atoms with E-state index in [0.29, 0.717) is 29.0 Å². The normalized spacial score (nSPS) is 14.3. The quantitative estimate of drug-likeness (QED) is 0.543. The number of nitrogens with zero attached hydrogens (tertiary/aromatic N) is 2. The molecule has 1 aromatic heterocycles. The lowest BCUT2D eigenvalue weighted by molar-refractivity contribution is 0.0696. The molecular formula is C23H25N3O5S. The van der Waals surface area contributed by atoms with Gasteiger partial charge in [0.15, 0.2) is 5.76 Å². The standard InChI is InChI=1S/C23H25N3O5S/c1-2-16-6-7-18(23(27)28)15-22(16)32(29,30)25-19-14-17(21-10-11-24-31-21)8-9-20(19)26-12-4-3-5-13-26/h6-11,14-15,25H,2-5,12-13H2,1H3,(H,27,28). The summed E-state index contributed by atoms with van der Waals surface area (Å²) in [5.41, 5.74) is 2.37. The molecule has 1 aliphatic rings. The average molecular weight is 456 g/mol. The number of hydrogen-bond donors (Lipinski definition) is 2. The third-order valence-corrected chi connectivity index (χ3v) is 7.09. The third kappa shape index (κ3) is 4.47. The predicted molar refractivity (Wildman–Crippen MR) is 122 cm³/mol. The number of carboxylic acids is 1. The first-order valence-electron chi connectivity index (χ1n) is 10.6. The van der Waals surface area contributed by atoms with Gasteiger partial charge in [-0.2, -0.15) is 0 Å². The van der Waals surface area contributed by atoms with E-state index in [1.165, 1.54) is 18.3 Å². The number of carbonyl (C=O) groups is 1. The summed E-state index contributed by atoms with van der Waals surface area (Å²) in [6.07, 6.45) is 5.21. The number of sulfonamides is 1. The van der Waals surface area contributed by atoms with Crippen molar-refractivity contribution < 1.29 is 22.8 Å². The number of benzene rings is 2. The van der Waals surface area contributed by atoms with Crippen molar-refractivity contribution in [3.63, 3.8) is 0 Å². The van der Waals surface area contributed by atoms with Gasteiger partial charge >= 0.3 is 5.97 Å². The van der Waals surface area contributed by atoms with Gasteiger partial charge in [0.25, 0.3) is 10.0 Å². The number of hydrogen-bond acceptors (Lipinski definition) is 6. The summed E-state index contributed by atoms with van der Waals surface area (Å²) < 4.78 is 34.8. The lowest BCUT2D eigenvalue weighted by atomic mass is 10.1. The summed E-state index contributed by atoms with van der Waals surface area (Å²) >= 11 is 0. The average Bonchev–Trinajstić information content (AvgIpc) is 3.34. The summed E-state index contributed by atoms with van der Waals surface area (Å²) in [6, 6.07) is 11.4. The second kappa shape index (κ2) is 9.04. The maximum absolute atomic E-state index is 13.4. The molecule has 0 amide bonds. The number of carboxylic acid groups (broad SMARTS) is 1. The zero-order valence-corrected chi connectivity index (χ0v) is 18.6. The van der Waals surface area contributed by atoms with Crippen LogP contribution in [0.4, 0.5) is 11.4 Å². The van der Waals surface area contributed by atoms with Gasteiger partial charge in [-0.05, 0) is 61.6 Å². The van der Waals surface area contributed by atoms with Gasteiger partial charge in [-0.25, -0.2) is 13.2 Å². The number of piperidine rings is 1. The van der Waals surface area contributed by atoms with E-state index in [1.807, 2.05) is 19.1 Å². The molecule has 168 valence electrons. The van der Waals surface area contributed by atoms with E-state index in [0.717, 1.165) is 38.0 Å². The first-order chi connectivity index (χ1) is 15.4. The highest BCUT2D eigenvalue weighted by atomic mass is 32.2. The Morgan fingerprint density at radius 2 is 1.91 bits per heavy atom. The highest BCUT2D eigenvalue weighted by Gasteiger charge is 2.24. The zero-order valence-electron chi connectivity index (χ0n) is 17.7. The van der Waals surface area contributed by atoms with Crippen LogP contribution in [0.2, 0.25) is 0 Å². The second-order valence-corrected chi connectivity index (χ2v) is 9.39. The van der Waals surface area contributed by atoms with Crippen LogP contribution < -0.4 is 9.62 Å². The van der Waals surface area contributed by atoms with Crippen LogP contribution in [0, 0.1) is 0 Å². The Morgan fingerprint density at radius 1 is 1.12 bits per heavy atom. The summed E-state index contributed by atoms with van der Waals surface area (Å²) in [6.45, 7) is 3.51. The van der Waals surface area contributed by atoms with Crippen LogP contribution in [0.25, 0.3) is 11.3 Å². The first kappa shape index (κ1) is 21.9. The Labute approximate surface area is 186 Å². The highest BCUT2D eigenvalue weighted by molar-refractivity contribution is 7.92. The number of aromatic nitrogens is 1. The molecule has 0 radical (unpaired) electrons. The van der Waals surface area contributed by atoms with Crippen molar-refractivity contribution in [2.45, 2.75) is 37.5 Å². The minimum absolute atomic E-state index is 0.0328. The molecule has 0 aliphatic carbocycles. The van der Waals surface area contributed by atoms with Crippen LogP contribution in [0.15, 0.2) is 58.1 Å². The lowest BCUT2D eigenvalue weighted by Gasteiger charge is -2.31. The smallest absolute Gasteiger partial charge is 0.335 e. The van der Waals surface area contributed by atoms with Crippen LogP contribution in [0.1, 0.15) is 42.1 Å². The lowest BCUT2D eigenvalue weighted by Crippen LogP contribution is -2.30. The topological polar surface area (TPSA) is 113 Å². The van der Waals surface area contributed by atoms with Crippen LogP contribution in [-0.2, 0) is 16.4 Å². The van der Waals surface area contributed by atoms with E-state index in [2.05, 4.69) is 14.8 Å². The highest BCUT2D eigenvalue weighted by Crippen LogP contribution is 2.35. The maximum Gasteiger partial charge on any atom is 0.335 e. The molecule has 2 N–H and O–H groups in total. The predicted octanol–water partition coefficient (Wildman–Crippen LogP) is 4.39. The summed E-state index contributed by atoms with van der Waals surface area (Å²) in [5, 5.41) is 13.1. The van der Waals surface area contributed by atoms with Crippen molar-refractivity contribution in [2.24, 2.45) is 0 Å². The Hall–Kier alpha value is -3.33. The SMILES string of the molecule is CCc1ccc(C(=O)O)cc1S(=O)(=O)Nc1cc(-c2ccno2)ccc1N1CCCCC1. The fraction of sp³-hybridized carbons (Fsp3) is 0.304. The fourth-order valence-electron chi connectivity index (χ4n) is 3.98. The van der Waals surface area contributed by atoms with E-state index in [4.69, 9.17) is 4.52 Å².